The predicted octanol–water partition coefficient (Wildman–Crippen LogP) is 2.55. The van der Waals surface area contributed by atoms with Crippen molar-refractivity contribution in [3.05, 3.63) is 29.8 Å². The number of ether oxygens (including phenoxy) is 1. The molecule has 0 atom stereocenters. The van der Waals surface area contributed by atoms with Gasteiger partial charge < -0.3 is 9.64 Å². The third kappa shape index (κ3) is 4.31. The molecule has 0 aliphatic heterocycles. The summed E-state index contributed by atoms with van der Waals surface area (Å²) >= 11 is 1.40. The van der Waals surface area contributed by atoms with E-state index in [9.17, 15) is 4.79 Å². The summed E-state index contributed by atoms with van der Waals surface area (Å²) in [7, 11) is 3.44. The molecule has 1 amide bonds. The van der Waals surface area contributed by atoms with Crippen molar-refractivity contribution >= 4 is 17.7 Å². The van der Waals surface area contributed by atoms with Crippen LogP contribution in [0.15, 0.2) is 29.4 Å². The summed E-state index contributed by atoms with van der Waals surface area (Å²) in [6.07, 6.45) is 4.66. The van der Waals surface area contributed by atoms with Crippen LogP contribution in [-0.4, -0.2) is 50.9 Å². The summed E-state index contributed by atoms with van der Waals surface area (Å²) in [6, 6.07) is 8.11. The molecule has 0 radical (unpaired) electrons. The standard InChI is InChI=1S/C17H23N5O2S/c1-21(11-13-7-3-6-10-15(13)24-2)16(23)12-25-17-18-19-20-22(17)14-8-4-5-9-14/h3,6-7,10,14H,4-5,8-9,11-12H2,1-2H3. The molecule has 0 bridgehead atoms. The number of para-hydroxylation sites is 1. The predicted molar refractivity (Wildman–Crippen MR) is 95.5 cm³/mol. The number of methoxy groups -OCH3 is 1. The van der Waals surface area contributed by atoms with Crippen LogP contribution in [0.25, 0.3) is 0 Å². The maximum Gasteiger partial charge on any atom is 0.233 e. The fourth-order valence-electron chi connectivity index (χ4n) is 3.07. The average Bonchev–Trinajstić information content (AvgIpc) is 3.31. The number of nitrogens with zero attached hydrogens (tertiary/aromatic N) is 5. The van der Waals surface area contributed by atoms with E-state index >= 15 is 0 Å². The lowest BCUT2D eigenvalue weighted by atomic mass is 10.2. The molecule has 1 heterocycles. The highest BCUT2D eigenvalue weighted by molar-refractivity contribution is 7.99. The van der Waals surface area contributed by atoms with E-state index in [-0.39, 0.29) is 5.91 Å². The summed E-state index contributed by atoms with van der Waals surface area (Å²) in [5.41, 5.74) is 0.988. The minimum Gasteiger partial charge on any atom is -0.496 e. The van der Waals surface area contributed by atoms with Gasteiger partial charge in [-0.3, -0.25) is 4.79 Å². The molecule has 1 aromatic heterocycles. The Kier molecular flexibility index (Phi) is 5.91. The number of tetrazole rings is 1. The molecule has 0 unspecified atom stereocenters. The lowest BCUT2D eigenvalue weighted by Crippen LogP contribution is -2.28. The lowest BCUT2D eigenvalue weighted by Gasteiger charge is -2.18. The van der Waals surface area contributed by atoms with E-state index in [1.54, 1.807) is 19.1 Å². The van der Waals surface area contributed by atoms with Gasteiger partial charge in [0, 0.05) is 19.2 Å². The first kappa shape index (κ1) is 17.7. The number of amides is 1. The Labute approximate surface area is 151 Å². The second-order valence-corrected chi connectivity index (χ2v) is 7.14. The summed E-state index contributed by atoms with van der Waals surface area (Å²) in [4.78, 5) is 14.2. The zero-order valence-corrected chi connectivity index (χ0v) is 15.4. The largest absolute Gasteiger partial charge is 0.496 e. The molecule has 1 saturated carbocycles. The van der Waals surface area contributed by atoms with Gasteiger partial charge >= 0.3 is 0 Å². The van der Waals surface area contributed by atoms with Gasteiger partial charge in [-0.15, -0.1) is 5.10 Å². The molecule has 1 aliphatic carbocycles. The van der Waals surface area contributed by atoms with Crippen LogP contribution in [-0.2, 0) is 11.3 Å². The number of benzene rings is 1. The molecule has 0 spiro atoms. The molecule has 0 N–H and O–H groups in total. The fraction of sp³-hybridized carbons (Fsp3) is 0.529. The van der Waals surface area contributed by atoms with Gasteiger partial charge in [-0.1, -0.05) is 42.8 Å². The molecule has 2 aromatic rings. The van der Waals surface area contributed by atoms with E-state index < -0.39 is 0 Å². The van der Waals surface area contributed by atoms with Gasteiger partial charge in [-0.2, -0.15) is 0 Å². The molecule has 134 valence electrons. The summed E-state index contributed by atoms with van der Waals surface area (Å²) in [5, 5.41) is 12.7. The molecule has 7 nitrogen and oxygen atoms in total. The first-order valence-electron chi connectivity index (χ1n) is 8.45. The Morgan fingerprint density at radius 3 is 2.88 bits per heavy atom. The second-order valence-electron chi connectivity index (χ2n) is 6.19. The van der Waals surface area contributed by atoms with Crippen molar-refractivity contribution in [2.24, 2.45) is 0 Å². The molecule has 1 aliphatic rings. The number of carbonyl (C=O) groups is 1. The van der Waals surface area contributed by atoms with Crippen molar-refractivity contribution in [1.29, 1.82) is 0 Å². The Hall–Kier alpha value is -2.09. The van der Waals surface area contributed by atoms with Crippen LogP contribution in [0.2, 0.25) is 0 Å². The van der Waals surface area contributed by atoms with Crippen LogP contribution in [0.3, 0.4) is 0 Å². The van der Waals surface area contributed by atoms with Gasteiger partial charge in [0.25, 0.3) is 0 Å². The van der Waals surface area contributed by atoms with Crippen molar-refractivity contribution in [3.63, 3.8) is 0 Å². The van der Waals surface area contributed by atoms with Gasteiger partial charge in [0.2, 0.25) is 11.1 Å². The highest BCUT2D eigenvalue weighted by Crippen LogP contribution is 2.31. The highest BCUT2D eigenvalue weighted by atomic mass is 32.2. The van der Waals surface area contributed by atoms with Gasteiger partial charge in [0.1, 0.15) is 5.75 Å². The Morgan fingerprint density at radius 2 is 2.12 bits per heavy atom. The Balaban J connectivity index is 1.56. The normalized spacial score (nSPS) is 14.6. The van der Waals surface area contributed by atoms with Crippen molar-refractivity contribution in [3.8, 4) is 5.75 Å². The van der Waals surface area contributed by atoms with Crippen LogP contribution in [0, 0.1) is 0 Å². The number of rotatable bonds is 7. The summed E-state index contributed by atoms with van der Waals surface area (Å²) in [6.45, 7) is 0.511. The average molecular weight is 361 g/mol. The van der Waals surface area contributed by atoms with Crippen molar-refractivity contribution in [2.75, 3.05) is 19.9 Å². The SMILES string of the molecule is COc1ccccc1CN(C)C(=O)CSc1nnnn1C1CCCC1. The number of aromatic nitrogens is 4. The highest BCUT2D eigenvalue weighted by Gasteiger charge is 2.22. The maximum absolute atomic E-state index is 12.5. The van der Waals surface area contributed by atoms with E-state index in [4.69, 9.17) is 4.74 Å². The zero-order chi connectivity index (χ0) is 17.6. The fourth-order valence-corrected chi connectivity index (χ4v) is 3.96. The van der Waals surface area contributed by atoms with Crippen LogP contribution in [0.1, 0.15) is 37.3 Å². The van der Waals surface area contributed by atoms with E-state index in [0.717, 1.165) is 29.3 Å². The minimum atomic E-state index is 0.0388. The Morgan fingerprint density at radius 1 is 1.36 bits per heavy atom. The minimum absolute atomic E-state index is 0.0388. The topological polar surface area (TPSA) is 73.1 Å². The number of thioether (sulfide) groups is 1. The molecule has 8 heteroatoms. The van der Waals surface area contributed by atoms with E-state index in [1.807, 2.05) is 28.9 Å². The number of hydrogen-bond acceptors (Lipinski definition) is 6. The van der Waals surface area contributed by atoms with E-state index in [2.05, 4.69) is 15.5 Å². The third-order valence-corrected chi connectivity index (χ3v) is 5.40. The summed E-state index contributed by atoms with van der Waals surface area (Å²) in [5.74, 6) is 1.15. The van der Waals surface area contributed by atoms with Crippen LogP contribution in [0.5, 0.6) is 5.75 Å². The van der Waals surface area contributed by atoms with Crippen molar-refractivity contribution in [1.82, 2.24) is 25.1 Å². The molecule has 1 fully saturated rings. The quantitative estimate of drug-likeness (QED) is 0.706. The number of hydrogen-bond donors (Lipinski definition) is 0. The monoisotopic (exact) mass is 361 g/mol. The molecule has 0 saturated heterocycles. The molecule has 25 heavy (non-hydrogen) atoms. The van der Waals surface area contributed by atoms with Gasteiger partial charge in [-0.25, -0.2) is 4.68 Å². The second kappa shape index (κ2) is 8.33. The van der Waals surface area contributed by atoms with Crippen LogP contribution >= 0.6 is 11.8 Å². The van der Waals surface area contributed by atoms with E-state index in [0.29, 0.717) is 18.3 Å². The van der Waals surface area contributed by atoms with Gasteiger partial charge in [-0.05, 0) is 29.3 Å². The molecular weight excluding hydrogens is 338 g/mol. The number of carbonyl (C=O) groups excluding carboxylic acids is 1. The van der Waals surface area contributed by atoms with E-state index in [1.165, 1.54) is 24.6 Å². The zero-order valence-electron chi connectivity index (χ0n) is 14.6. The maximum atomic E-state index is 12.5. The van der Waals surface area contributed by atoms with Gasteiger partial charge in [0.05, 0.1) is 18.9 Å². The van der Waals surface area contributed by atoms with Crippen molar-refractivity contribution in [2.45, 2.75) is 43.4 Å². The summed E-state index contributed by atoms with van der Waals surface area (Å²) < 4.78 is 7.22. The smallest absolute Gasteiger partial charge is 0.233 e. The van der Waals surface area contributed by atoms with Crippen LogP contribution in [0.4, 0.5) is 0 Å². The van der Waals surface area contributed by atoms with Gasteiger partial charge in [0.15, 0.2) is 0 Å². The lowest BCUT2D eigenvalue weighted by molar-refractivity contribution is -0.127. The first-order valence-corrected chi connectivity index (χ1v) is 9.44. The van der Waals surface area contributed by atoms with Crippen molar-refractivity contribution < 1.29 is 9.53 Å². The first-order chi connectivity index (χ1) is 12.2. The molecule has 3 rings (SSSR count). The molecular formula is C17H23N5O2S. The van der Waals surface area contributed by atoms with Crippen LogP contribution < -0.4 is 4.74 Å². The molecule has 1 aromatic carbocycles. The third-order valence-electron chi connectivity index (χ3n) is 4.48. The Bertz CT molecular complexity index is 715.